The highest BCUT2D eigenvalue weighted by Crippen LogP contribution is 2.72. The highest BCUT2D eigenvalue weighted by atomic mass is 16.6. The first-order valence-electron chi connectivity index (χ1n) is 13.9. The summed E-state index contributed by atoms with van der Waals surface area (Å²) >= 11 is 0. The zero-order valence-corrected chi connectivity index (χ0v) is 22.3. The van der Waals surface area contributed by atoms with E-state index in [1.165, 1.54) is 0 Å². The summed E-state index contributed by atoms with van der Waals surface area (Å²) in [6.45, 7) is 11.2. The van der Waals surface area contributed by atoms with Crippen LogP contribution in [0.1, 0.15) is 86.5 Å². The average molecular weight is 497 g/mol. The molecule has 0 bridgehead atoms. The molecule has 6 N–H and O–H groups in total. The van der Waals surface area contributed by atoms with Gasteiger partial charge in [-0.2, -0.15) is 0 Å². The van der Waals surface area contributed by atoms with E-state index in [-0.39, 0.29) is 54.1 Å². The minimum Gasteiger partial charge on any atom is -0.393 e. The van der Waals surface area contributed by atoms with E-state index >= 15 is 0 Å². The molecule has 1 aliphatic heterocycles. The molecule has 35 heavy (non-hydrogen) atoms. The molecule has 0 aromatic carbocycles. The van der Waals surface area contributed by atoms with Crippen molar-refractivity contribution in [3.63, 3.8) is 0 Å². The fourth-order valence-electron chi connectivity index (χ4n) is 9.61. The molecular weight excluding hydrogens is 448 g/mol. The number of ether oxygens (including phenoxy) is 1. The number of fused-ring (bicyclic) bond motifs is 8. The molecule has 14 atom stereocenters. The van der Waals surface area contributed by atoms with Crippen molar-refractivity contribution in [1.29, 1.82) is 0 Å². The number of epoxide rings is 1. The van der Waals surface area contributed by atoms with Crippen molar-refractivity contribution in [2.45, 2.75) is 134 Å². The molecule has 0 aromatic heterocycles. The summed E-state index contributed by atoms with van der Waals surface area (Å²) in [5.41, 5.74) is -4.60. The molecule has 1 heterocycles. The van der Waals surface area contributed by atoms with Gasteiger partial charge in [-0.05, 0) is 87.9 Å². The Morgan fingerprint density at radius 3 is 2.31 bits per heavy atom. The van der Waals surface area contributed by atoms with Crippen molar-refractivity contribution in [2.75, 3.05) is 0 Å². The van der Waals surface area contributed by atoms with Gasteiger partial charge < -0.3 is 35.4 Å². The number of hydrogen-bond acceptors (Lipinski definition) is 7. The standard InChI is InChI=1S/C28H48O7/c1-14(19(30)13-26(5,33)24(2,3)32)16-7-8-17-21-18(9-10-25(16,17)4)27(6)20(31)11-15(29)12-28(27,34)23-22(21)35-23/h14-23,29-34H,7-13H2,1-6H3/t14-,15-,16+,17-,18+,19+,20-,21-,22-,23-,25+,26+,27-,28-/m0/s1. The molecule has 1 saturated heterocycles. The molecule has 0 spiro atoms. The maximum absolute atomic E-state index is 11.8. The summed E-state index contributed by atoms with van der Waals surface area (Å²) in [6, 6.07) is 0. The second-order valence-electron chi connectivity index (χ2n) is 14.3. The van der Waals surface area contributed by atoms with Gasteiger partial charge in [0.05, 0.1) is 35.6 Å². The Labute approximate surface area is 209 Å². The largest absolute Gasteiger partial charge is 0.393 e. The summed E-state index contributed by atoms with van der Waals surface area (Å²) in [7, 11) is 0. The van der Waals surface area contributed by atoms with E-state index in [1.807, 2.05) is 6.92 Å². The fraction of sp³-hybridized carbons (Fsp3) is 1.00. The quantitative estimate of drug-likeness (QED) is 0.321. The second-order valence-corrected chi connectivity index (χ2v) is 14.3. The zero-order chi connectivity index (χ0) is 25.9. The van der Waals surface area contributed by atoms with Crippen molar-refractivity contribution in [2.24, 2.45) is 40.4 Å². The van der Waals surface area contributed by atoms with Crippen LogP contribution in [-0.4, -0.2) is 78.0 Å². The molecule has 5 rings (SSSR count). The minimum absolute atomic E-state index is 0.00357. The molecule has 4 saturated carbocycles. The number of hydrogen-bond donors (Lipinski definition) is 6. The molecule has 5 fully saturated rings. The van der Waals surface area contributed by atoms with Gasteiger partial charge in [0.2, 0.25) is 0 Å². The SMILES string of the molecule is C[C@H]([C@H](O)C[C@@](C)(O)C(C)(C)O)[C@H]1CC[C@H]2[C@@H]3[C@@H]4O[C@@H]4[C@@]4(O)C[C@@H](O)C[C@H](O)[C@]4(C)[C@@H]3CC[C@]12C. The molecule has 0 radical (unpaired) electrons. The van der Waals surface area contributed by atoms with Crippen LogP contribution in [0.4, 0.5) is 0 Å². The van der Waals surface area contributed by atoms with Gasteiger partial charge >= 0.3 is 0 Å². The van der Waals surface area contributed by atoms with E-state index in [0.29, 0.717) is 12.3 Å². The molecule has 7 heteroatoms. The molecule has 202 valence electrons. The predicted octanol–water partition coefficient (Wildman–Crippen LogP) is 1.99. The van der Waals surface area contributed by atoms with Gasteiger partial charge in [-0.15, -0.1) is 0 Å². The Kier molecular flexibility index (Phi) is 5.92. The maximum atomic E-state index is 11.8. The van der Waals surface area contributed by atoms with Gasteiger partial charge in [0.25, 0.3) is 0 Å². The third-order valence-corrected chi connectivity index (χ3v) is 12.4. The fourth-order valence-corrected chi connectivity index (χ4v) is 9.61. The topological polar surface area (TPSA) is 134 Å². The highest BCUT2D eigenvalue weighted by Gasteiger charge is 2.78. The highest BCUT2D eigenvalue weighted by molar-refractivity contribution is 5.26. The van der Waals surface area contributed by atoms with Gasteiger partial charge in [0, 0.05) is 18.3 Å². The van der Waals surface area contributed by atoms with Crippen molar-refractivity contribution in [1.82, 2.24) is 0 Å². The lowest BCUT2D eigenvalue weighted by Gasteiger charge is -2.63. The molecule has 0 unspecified atom stereocenters. The summed E-state index contributed by atoms with van der Waals surface area (Å²) < 4.78 is 6.20. The molecule has 5 aliphatic rings. The summed E-state index contributed by atoms with van der Waals surface area (Å²) in [5.74, 6) is 1.02. The van der Waals surface area contributed by atoms with Gasteiger partial charge in [-0.1, -0.05) is 20.8 Å². The van der Waals surface area contributed by atoms with Crippen LogP contribution in [0.15, 0.2) is 0 Å². The number of aliphatic hydroxyl groups is 6. The molecule has 7 nitrogen and oxygen atoms in total. The van der Waals surface area contributed by atoms with E-state index in [0.717, 1.165) is 25.7 Å². The first kappa shape index (κ1) is 26.3. The van der Waals surface area contributed by atoms with Gasteiger partial charge in [-0.3, -0.25) is 0 Å². The number of aliphatic hydroxyl groups excluding tert-OH is 3. The molecule has 4 aliphatic carbocycles. The lowest BCUT2D eigenvalue weighted by molar-refractivity contribution is -0.250. The van der Waals surface area contributed by atoms with Crippen LogP contribution in [0.25, 0.3) is 0 Å². The van der Waals surface area contributed by atoms with Crippen LogP contribution in [0.5, 0.6) is 0 Å². The van der Waals surface area contributed by atoms with Crippen molar-refractivity contribution < 1.29 is 35.4 Å². The van der Waals surface area contributed by atoms with Gasteiger partial charge in [0.1, 0.15) is 11.7 Å². The van der Waals surface area contributed by atoms with Gasteiger partial charge in [-0.25, -0.2) is 0 Å². The van der Waals surface area contributed by atoms with Crippen LogP contribution in [0.3, 0.4) is 0 Å². The molecule has 0 amide bonds. The Morgan fingerprint density at radius 2 is 1.69 bits per heavy atom. The van der Waals surface area contributed by atoms with E-state index in [1.54, 1.807) is 20.8 Å². The van der Waals surface area contributed by atoms with Crippen molar-refractivity contribution in [3.8, 4) is 0 Å². The van der Waals surface area contributed by atoms with E-state index < -0.39 is 40.5 Å². The van der Waals surface area contributed by atoms with Crippen LogP contribution < -0.4 is 0 Å². The van der Waals surface area contributed by atoms with Crippen LogP contribution in [0.2, 0.25) is 0 Å². The Hall–Kier alpha value is -0.280. The van der Waals surface area contributed by atoms with Crippen molar-refractivity contribution in [3.05, 3.63) is 0 Å². The van der Waals surface area contributed by atoms with Crippen LogP contribution in [0, 0.1) is 40.4 Å². The predicted molar refractivity (Wildman–Crippen MR) is 130 cm³/mol. The summed E-state index contributed by atoms with van der Waals surface area (Å²) in [4.78, 5) is 0. The Balaban J connectivity index is 1.39. The minimum atomic E-state index is -1.39. The first-order chi connectivity index (χ1) is 16.0. The normalized spacial score (nSPS) is 54.5. The van der Waals surface area contributed by atoms with E-state index in [9.17, 15) is 30.6 Å². The third kappa shape index (κ3) is 3.48. The summed E-state index contributed by atoms with van der Waals surface area (Å²) in [6.07, 6.45) is 1.99. The van der Waals surface area contributed by atoms with Crippen LogP contribution >= 0.6 is 0 Å². The zero-order valence-electron chi connectivity index (χ0n) is 22.3. The second kappa shape index (κ2) is 7.87. The first-order valence-corrected chi connectivity index (χ1v) is 13.9. The van der Waals surface area contributed by atoms with Gasteiger partial charge in [0.15, 0.2) is 0 Å². The van der Waals surface area contributed by atoms with Crippen molar-refractivity contribution >= 4 is 0 Å². The molecular formula is C28H48O7. The average Bonchev–Trinajstić information content (AvgIpc) is 3.45. The van der Waals surface area contributed by atoms with Crippen LogP contribution in [-0.2, 0) is 4.74 Å². The van der Waals surface area contributed by atoms with E-state index in [4.69, 9.17) is 4.74 Å². The Bertz CT molecular complexity index is 840. The molecule has 0 aromatic rings. The Morgan fingerprint density at radius 1 is 1.03 bits per heavy atom. The lowest BCUT2D eigenvalue weighted by Crippen LogP contribution is -2.71. The lowest BCUT2D eigenvalue weighted by atomic mass is 9.42. The third-order valence-electron chi connectivity index (χ3n) is 12.4. The maximum Gasteiger partial charge on any atom is 0.114 e. The van der Waals surface area contributed by atoms with E-state index in [2.05, 4.69) is 13.8 Å². The monoisotopic (exact) mass is 496 g/mol. The smallest absolute Gasteiger partial charge is 0.114 e. The summed E-state index contributed by atoms with van der Waals surface area (Å²) in [5, 5.41) is 65.8. The number of rotatable bonds is 5.